The third-order valence-electron chi connectivity index (χ3n) is 4.55. The zero-order valence-electron chi connectivity index (χ0n) is 16.7. The number of aliphatic hydroxyl groups is 1. The molecule has 0 radical (unpaired) electrons. The lowest BCUT2D eigenvalue weighted by Crippen LogP contribution is -2.13. The Morgan fingerprint density at radius 2 is 1.83 bits per heavy atom. The monoisotopic (exact) mass is 399 g/mol. The number of ether oxygens (including phenoxy) is 1. The summed E-state index contributed by atoms with van der Waals surface area (Å²) in [6.07, 6.45) is 1.48. The Bertz CT molecular complexity index is 1200. The molecule has 0 fully saturated rings. The first-order valence-corrected chi connectivity index (χ1v) is 9.32. The first-order chi connectivity index (χ1) is 14.5. The molecule has 0 bridgehead atoms. The SMILES string of the molecule is COC(=O)c1ccc(C#CCO)cc1NC(=O)/C=C(/C)c1ccc2ccccc2c1. The van der Waals surface area contributed by atoms with Gasteiger partial charge in [-0.15, -0.1) is 0 Å². The highest BCUT2D eigenvalue weighted by molar-refractivity contribution is 6.08. The van der Waals surface area contributed by atoms with Crippen LogP contribution in [-0.2, 0) is 9.53 Å². The van der Waals surface area contributed by atoms with Crippen molar-refractivity contribution in [1.29, 1.82) is 0 Å². The Morgan fingerprint density at radius 1 is 1.07 bits per heavy atom. The van der Waals surface area contributed by atoms with Crippen LogP contribution in [0.3, 0.4) is 0 Å². The van der Waals surface area contributed by atoms with E-state index in [1.807, 2.05) is 49.4 Å². The third kappa shape index (κ3) is 4.93. The van der Waals surface area contributed by atoms with Crippen LogP contribution in [0.25, 0.3) is 16.3 Å². The van der Waals surface area contributed by atoms with Gasteiger partial charge in [-0.25, -0.2) is 4.79 Å². The zero-order chi connectivity index (χ0) is 21.5. The normalized spacial score (nSPS) is 10.8. The van der Waals surface area contributed by atoms with Crippen molar-refractivity contribution in [2.75, 3.05) is 19.0 Å². The number of carbonyl (C=O) groups is 2. The van der Waals surface area contributed by atoms with Gasteiger partial charge < -0.3 is 15.2 Å². The summed E-state index contributed by atoms with van der Waals surface area (Å²) in [7, 11) is 1.27. The highest BCUT2D eigenvalue weighted by Crippen LogP contribution is 2.22. The highest BCUT2D eigenvalue weighted by Gasteiger charge is 2.14. The van der Waals surface area contributed by atoms with Crippen LogP contribution in [0.5, 0.6) is 0 Å². The van der Waals surface area contributed by atoms with Crippen LogP contribution in [0.4, 0.5) is 5.69 Å². The molecular weight excluding hydrogens is 378 g/mol. The van der Waals surface area contributed by atoms with Crippen molar-refractivity contribution < 1.29 is 19.4 Å². The van der Waals surface area contributed by atoms with Crippen LogP contribution in [0.15, 0.2) is 66.7 Å². The van der Waals surface area contributed by atoms with E-state index in [-0.39, 0.29) is 18.1 Å². The minimum Gasteiger partial charge on any atom is -0.465 e. The van der Waals surface area contributed by atoms with Gasteiger partial charge >= 0.3 is 5.97 Å². The van der Waals surface area contributed by atoms with Crippen molar-refractivity contribution >= 4 is 33.9 Å². The van der Waals surface area contributed by atoms with E-state index >= 15 is 0 Å². The largest absolute Gasteiger partial charge is 0.465 e. The van der Waals surface area contributed by atoms with E-state index in [0.717, 1.165) is 21.9 Å². The Kier molecular flexibility index (Phi) is 6.63. The van der Waals surface area contributed by atoms with E-state index in [1.165, 1.54) is 19.3 Å². The van der Waals surface area contributed by atoms with Crippen molar-refractivity contribution in [3.8, 4) is 11.8 Å². The molecule has 30 heavy (non-hydrogen) atoms. The second-order valence-corrected chi connectivity index (χ2v) is 6.59. The van der Waals surface area contributed by atoms with Crippen LogP contribution >= 0.6 is 0 Å². The summed E-state index contributed by atoms with van der Waals surface area (Å²) in [5.74, 6) is 4.35. The minimum absolute atomic E-state index is 0.220. The summed E-state index contributed by atoms with van der Waals surface area (Å²) in [6.45, 7) is 1.57. The molecule has 1 amide bonds. The maximum atomic E-state index is 12.6. The second kappa shape index (κ2) is 9.55. The molecule has 150 valence electrons. The summed E-state index contributed by atoms with van der Waals surface area (Å²) < 4.78 is 4.79. The molecule has 2 N–H and O–H groups in total. The summed E-state index contributed by atoms with van der Waals surface area (Å²) in [6, 6.07) is 18.7. The molecule has 0 aromatic heterocycles. The second-order valence-electron chi connectivity index (χ2n) is 6.59. The van der Waals surface area contributed by atoms with E-state index in [0.29, 0.717) is 11.3 Å². The van der Waals surface area contributed by atoms with Gasteiger partial charge in [0, 0.05) is 11.6 Å². The molecule has 3 rings (SSSR count). The van der Waals surface area contributed by atoms with Gasteiger partial charge in [0.05, 0.1) is 18.4 Å². The lowest BCUT2D eigenvalue weighted by molar-refractivity contribution is -0.111. The first kappa shape index (κ1) is 20.8. The molecule has 0 aliphatic rings. The molecule has 0 saturated carbocycles. The number of hydrogen-bond donors (Lipinski definition) is 2. The Balaban J connectivity index is 1.88. The number of hydrogen-bond acceptors (Lipinski definition) is 4. The number of nitrogens with one attached hydrogen (secondary N) is 1. The van der Waals surface area contributed by atoms with Crippen molar-refractivity contribution in [1.82, 2.24) is 0 Å². The van der Waals surface area contributed by atoms with Gasteiger partial charge in [-0.1, -0.05) is 48.2 Å². The van der Waals surface area contributed by atoms with Gasteiger partial charge in [-0.2, -0.15) is 0 Å². The number of carbonyl (C=O) groups excluding carboxylic acids is 2. The third-order valence-corrected chi connectivity index (χ3v) is 4.55. The molecule has 0 atom stereocenters. The molecule has 0 aliphatic heterocycles. The van der Waals surface area contributed by atoms with E-state index in [1.54, 1.807) is 12.1 Å². The molecule has 5 heteroatoms. The first-order valence-electron chi connectivity index (χ1n) is 9.32. The molecular formula is C25H21NO4. The zero-order valence-corrected chi connectivity index (χ0v) is 16.7. The van der Waals surface area contributed by atoms with E-state index in [4.69, 9.17) is 9.84 Å². The number of amides is 1. The predicted octanol–water partition coefficient (Wildman–Crippen LogP) is 4.01. The highest BCUT2D eigenvalue weighted by atomic mass is 16.5. The van der Waals surface area contributed by atoms with Crippen molar-refractivity contribution in [3.05, 3.63) is 83.4 Å². The average Bonchev–Trinajstić information content (AvgIpc) is 2.76. The van der Waals surface area contributed by atoms with Crippen LogP contribution in [0, 0.1) is 11.8 Å². The topological polar surface area (TPSA) is 75.6 Å². The van der Waals surface area contributed by atoms with E-state index in [9.17, 15) is 9.59 Å². The van der Waals surface area contributed by atoms with Crippen LogP contribution in [0.1, 0.15) is 28.4 Å². The van der Waals surface area contributed by atoms with Gasteiger partial charge in [0.1, 0.15) is 6.61 Å². The molecule has 0 spiro atoms. The van der Waals surface area contributed by atoms with Gasteiger partial charge in [0.2, 0.25) is 5.91 Å². The average molecular weight is 399 g/mol. The molecule has 0 heterocycles. The molecule has 0 unspecified atom stereocenters. The maximum Gasteiger partial charge on any atom is 0.339 e. The molecule has 0 aliphatic carbocycles. The van der Waals surface area contributed by atoms with Gasteiger partial charge in [0.25, 0.3) is 0 Å². The fourth-order valence-corrected chi connectivity index (χ4v) is 3.04. The van der Waals surface area contributed by atoms with Gasteiger partial charge in [-0.3, -0.25) is 4.79 Å². The number of benzene rings is 3. The minimum atomic E-state index is -0.567. The van der Waals surface area contributed by atoms with Gasteiger partial charge in [-0.05, 0) is 53.1 Å². The van der Waals surface area contributed by atoms with Gasteiger partial charge in [0.15, 0.2) is 0 Å². The standard InChI is InChI=1S/C25H21NO4/c1-17(20-11-10-19-7-3-4-8-21(19)16-20)14-24(28)26-23-15-18(6-5-13-27)9-12-22(23)25(29)30-2/h3-4,7-12,14-16,27H,13H2,1-2H3,(H,26,28)/b17-14-. The molecule has 3 aromatic carbocycles. The lowest BCUT2D eigenvalue weighted by atomic mass is 10.0. The smallest absolute Gasteiger partial charge is 0.339 e. The van der Waals surface area contributed by atoms with E-state index in [2.05, 4.69) is 17.2 Å². The number of fused-ring (bicyclic) bond motifs is 1. The summed E-state index contributed by atoms with van der Waals surface area (Å²) >= 11 is 0. The van der Waals surface area contributed by atoms with Crippen LogP contribution in [0.2, 0.25) is 0 Å². The Labute approximate surface area is 175 Å². The molecule has 5 nitrogen and oxygen atoms in total. The van der Waals surface area contributed by atoms with Crippen molar-refractivity contribution in [2.45, 2.75) is 6.92 Å². The van der Waals surface area contributed by atoms with Crippen LogP contribution in [-0.4, -0.2) is 30.7 Å². The fourth-order valence-electron chi connectivity index (χ4n) is 3.04. The Hall–Kier alpha value is -3.88. The molecule has 0 saturated heterocycles. The quantitative estimate of drug-likeness (QED) is 0.395. The summed E-state index contributed by atoms with van der Waals surface area (Å²) in [5, 5.41) is 13.8. The fraction of sp³-hybridized carbons (Fsp3) is 0.120. The van der Waals surface area contributed by atoms with Crippen LogP contribution < -0.4 is 5.32 Å². The van der Waals surface area contributed by atoms with Crippen molar-refractivity contribution in [3.63, 3.8) is 0 Å². The van der Waals surface area contributed by atoms with E-state index < -0.39 is 5.97 Å². The Morgan fingerprint density at radius 3 is 2.57 bits per heavy atom. The maximum absolute atomic E-state index is 12.6. The lowest BCUT2D eigenvalue weighted by Gasteiger charge is -2.10. The number of esters is 1. The predicted molar refractivity (Wildman–Crippen MR) is 118 cm³/mol. The summed E-state index contributed by atoms with van der Waals surface area (Å²) in [4.78, 5) is 24.7. The molecule has 3 aromatic rings. The number of allylic oxidation sites excluding steroid dienone is 1. The number of rotatable bonds is 4. The number of aliphatic hydroxyl groups excluding tert-OH is 1. The number of anilines is 1. The summed E-state index contributed by atoms with van der Waals surface area (Å²) in [5.41, 5.74) is 2.78. The number of methoxy groups -OCH3 is 1. The van der Waals surface area contributed by atoms with Crippen molar-refractivity contribution in [2.24, 2.45) is 0 Å².